The molecule has 4 nitrogen and oxygen atoms in total. The van der Waals surface area contributed by atoms with Crippen LogP contribution in [0.4, 0.5) is 0 Å². The van der Waals surface area contributed by atoms with Gasteiger partial charge in [-0.2, -0.15) is 0 Å². The Hall–Kier alpha value is -1.10. The molecule has 23 heavy (non-hydrogen) atoms. The molecule has 3 fully saturated rings. The quantitative estimate of drug-likeness (QED) is 0.910. The summed E-state index contributed by atoms with van der Waals surface area (Å²) < 4.78 is 11.9. The number of likely N-dealkylation sites (tertiary alicyclic amines) is 1. The monoisotopic (exact) mass is 315 g/mol. The summed E-state index contributed by atoms with van der Waals surface area (Å²) in [4.78, 5) is 2.69. The number of hydrogen-bond acceptors (Lipinski definition) is 4. The van der Waals surface area contributed by atoms with Gasteiger partial charge in [0.15, 0.2) is 0 Å². The zero-order chi connectivity index (χ0) is 15.4. The first-order chi connectivity index (χ1) is 11.3. The van der Waals surface area contributed by atoms with E-state index in [0.717, 1.165) is 31.9 Å². The van der Waals surface area contributed by atoms with E-state index < -0.39 is 0 Å². The minimum Gasteiger partial charge on any atom is -0.508 e. The molecule has 0 amide bonds. The van der Waals surface area contributed by atoms with Gasteiger partial charge in [0.1, 0.15) is 12.5 Å². The van der Waals surface area contributed by atoms with E-state index in [-0.39, 0.29) is 11.5 Å². The lowest BCUT2D eigenvalue weighted by atomic mass is 9.61. The van der Waals surface area contributed by atoms with Crippen molar-refractivity contribution in [2.45, 2.75) is 49.7 Å². The van der Waals surface area contributed by atoms with Crippen molar-refractivity contribution >= 4 is 0 Å². The SMILES string of the molecule is Oc1ccc2c(c1)[C@]13CCN(CC4CCC4)[C@H](C2)[C@@H]1OCOC3. The second-order valence-electron chi connectivity index (χ2n) is 7.86. The minimum absolute atomic E-state index is 0.0641. The standard InChI is InChI=1S/C19H25NO3/c21-15-5-4-14-8-17-18-19(16(14)9-15,11-22-12-23-18)6-7-20(17)10-13-2-1-3-13/h4-5,9,13,17-18,21H,1-3,6-8,10-12H2/t17-,18+,19-/m1/s1. The number of nitrogens with zero attached hydrogens (tertiary/aromatic N) is 1. The predicted octanol–water partition coefficient (Wildman–Crippen LogP) is 2.43. The Balaban J connectivity index is 1.54. The average Bonchev–Trinajstić information content (AvgIpc) is 2.53. The molecule has 4 aliphatic rings. The molecule has 0 spiro atoms. The van der Waals surface area contributed by atoms with Crippen molar-refractivity contribution in [3.8, 4) is 5.75 Å². The molecule has 5 rings (SSSR count). The third-order valence-corrected chi connectivity index (χ3v) is 6.68. The molecule has 2 aliphatic heterocycles. The molecule has 1 saturated carbocycles. The molecule has 1 aromatic carbocycles. The summed E-state index contributed by atoms with van der Waals surface area (Å²) in [7, 11) is 0. The first kappa shape index (κ1) is 14.3. The van der Waals surface area contributed by atoms with Gasteiger partial charge < -0.3 is 14.6 Å². The number of hydrogen-bond donors (Lipinski definition) is 1. The molecule has 2 heterocycles. The third kappa shape index (κ3) is 2.08. The molecule has 1 aromatic rings. The smallest absolute Gasteiger partial charge is 0.147 e. The Kier molecular flexibility index (Phi) is 3.22. The summed E-state index contributed by atoms with van der Waals surface area (Å²) in [6.07, 6.45) is 6.51. The lowest BCUT2D eigenvalue weighted by Crippen LogP contribution is -2.67. The second-order valence-corrected chi connectivity index (χ2v) is 7.86. The molecule has 1 N–H and O–H groups in total. The highest BCUT2D eigenvalue weighted by Gasteiger charge is 2.56. The zero-order valence-corrected chi connectivity index (χ0v) is 13.5. The van der Waals surface area contributed by atoms with Crippen LogP contribution in [0, 0.1) is 5.92 Å². The van der Waals surface area contributed by atoms with Crippen LogP contribution in [0.3, 0.4) is 0 Å². The highest BCUT2D eigenvalue weighted by Crippen LogP contribution is 2.49. The maximum absolute atomic E-state index is 9.99. The Morgan fingerprint density at radius 2 is 2.22 bits per heavy atom. The van der Waals surface area contributed by atoms with E-state index in [0.29, 0.717) is 18.6 Å². The molecule has 2 bridgehead atoms. The van der Waals surface area contributed by atoms with Crippen LogP contribution in [-0.4, -0.2) is 48.6 Å². The Morgan fingerprint density at radius 3 is 3.04 bits per heavy atom. The fourth-order valence-corrected chi connectivity index (χ4v) is 5.25. The number of benzene rings is 1. The highest BCUT2D eigenvalue weighted by atomic mass is 16.7. The first-order valence-electron chi connectivity index (χ1n) is 9.02. The number of aromatic hydroxyl groups is 1. The summed E-state index contributed by atoms with van der Waals surface area (Å²) >= 11 is 0. The van der Waals surface area contributed by atoms with Gasteiger partial charge in [-0.25, -0.2) is 0 Å². The molecule has 2 aliphatic carbocycles. The number of rotatable bonds is 2. The molecular weight excluding hydrogens is 290 g/mol. The van der Waals surface area contributed by atoms with Crippen LogP contribution in [-0.2, 0) is 21.3 Å². The molecule has 2 saturated heterocycles. The van der Waals surface area contributed by atoms with Crippen LogP contribution >= 0.6 is 0 Å². The summed E-state index contributed by atoms with van der Waals surface area (Å²) in [5.41, 5.74) is 2.57. The highest BCUT2D eigenvalue weighted by molar-refractivity contribution is 5.46. The normalized spacial score (nSPS) is 36.9. The van der Waals surface area contributed by atoms with Gasteiger partial charge in [0.2, 0.25) is 0 Å². The van der Waals surface area contributed by atoms with E-state index in [4.69, 9.17) is 9.47 Å². The largest absolute Gasteiger partial charge is 0.508 e. The van der Waals surface area contributed by atoms with Crippen molar-refractivity contribution < 1.29 is 14.6 Å². The number of phenols is 1. The van der Waals surface area contributed by atoms with Crippen molar-refractivity contribution in [3.05, 3.63) is 29.3 Å². The maximum atomic E-state index is 9.99. The van der Waals surface area contributed by atoms with Gasteiger partial charge in [0, 0.05) is 18.0 Å². The molecule has 0 unspecified atom stereocenters. The van der Waals surface area contributed by atoms with Gasteiger partial charge in [-0.3, -0.25) is 4.90 Å². The van der Waals surface area contributed by atoms with Crippen LogP contribution in [0.1, 0.15) is 36.8 Å². The number of piperidine rings is 1. The zero-order valence-electron chi connectivity index (χ0n) is 13.5. The van der Waals surface area contributed by atoms with Gasteiger partial charge in [-0.15, -0.1) is 0 Å². The molecule has 4 heteroatoms. The average molecular weight is 315 g/mol. The number of fused-ring (bicyclic) bond motifs is 1. The van der Waals surface area contributed by atoms with Crippen molar-refractivity contribution in [2.75, 3.05) is 26.5 Å². The van der Waals surface area contributed by atoms with Crippen LogP contribution in [0.2, 0.25) is 0 Å². The fourth-order valence-electron chi connectivity index (χ4n) is 5.25. The summed E-state index contributed by atoms with van der Waals surface area (Å²) in [6.45, 7) is 3.49. The van der Waals surface area contributed by atoms with E-state index in [1.165, 1.54) is 36.9 Å². The van der Waals surface area contributed by atoms with Crippen molar-refractivity contribution in [1.29, 1.82) is 0 Å². The van der Waals surface area contributed by atoms with E-state index in [9.17, 15) is 5.11 Å². The van der Waals surface area contributed by atoms with Crippen LogP contribution in [0.25, 0.3) is 0 Å². The number of ether oxygens (including phenoxy) is 2. The van der Waals surface area contributed by atoms with Crippen molar-refractivity contribution in [2.24, 2.45) is 5.92 Å². The lowest BCUT2D eigenvalue weighted by molar-refractivity contribution is -0.223. The predicted molar refractivity (Wildman–Crippen MR) is 86.5 cm³/mol. The van der Waals surface area contributed by atoms with Crippen molar-refractivity contribution in [1.82, 2.24) is 4.90 Å². The molecule has 0 aromatic heterocycles. The Bertz CT molecular complexity index is 615. The van der Waals surface area contributed by atoms with Crippen molar-refractivity contribution in [3.63, 3.8) is 0 Å². The maximum Gasteiger partial charge on any atom is 0.147 e. The van der Waals surface area contributed by atoms with E-state index >= 15 is 0 Å². The van der Waals surface area contributed by atoms with Crippen LogP contribution in [0.15, 0.2) is 18.2 Å². The van der Waals surface area contributed by atoms with Gasteiger partial charge in [-0.1, -0.05) is 12.5 Å². The molecule has 3 atom stereocenters. The molecule has 124 valence electrons. The number of phenolic OH excluding ortho intramolecular Hbond substituents is 1. The van der Waals surface area contributed by atoms with Gasteiger partial charge in [0.05, 0.1) is 12.7 Å². The third-order valence-electron chi connectivity index (χ3n) is 6.68. The van der Waals surface area contributed by atoms with Gasteiger partial charge in [0.25, 0.3) is 0 Å². The van der Waals surface area contributed by atoms with Gasteiger partial charge >= 0.3 is 0 Å². The fraction of sp³-hybridized carbons (Fsp3) is 0.684. The first-order valence-corrected chi connectivity index (χ1v) is 9.02. The molecular formula is C19H25NO3. The second kappa shape index (κ2) is 5.20. The summed E-state index contributed by atoms with van der Waals surface area (Å²) in [5.74, 6) is 1.25. The van der Waals surface area contributed by atoms with E-state index in [2.05, 4.69) is 11.0 Å². The summed E-state index contributed by atoms with van der Waals surface area (Å²) in [5, 5.41) is 9.99. The lowest BCUT2D eigenvalue weighted by Gasteiger charge is -2.58. The van der Waals surface area contributed by atoms with Crippen LogP contribution < -0.4 is 0 Å². The van der Waals surface area contributed by atoms with Gasteiger partial charge in [-0.05, 0) is 61.4 Å². The Labute approximate surface area is 137 Å². The minimum atomic E-state index is -0.0641. The summed E-state index contributed by atoms with van der Waals surface area (Å²) in [6, 6.07) is 6.35. The Morgan fingerprint density at radius 1 is 1.30 bits per heavy atom. The van der Waals surface area contributed by atoms with Crippen LogP contribution in [0.5, 0.6) is 5.75 Å². The van der Waals surface area contributed by atoms with E-state index in [1.807, 2.05) is 12.1 Å². The topological polar surface area (TPSA) is 41.9 Å². The van der Waals surface area contributed by atoms with E-state index in [1.54, 1.807) is 0 Å². The molecule has 0 radical (unpaired) electrons.